The van der Waals surface area contributed by atoms with Crippen molar-refractivity contribution in [3.8, 4) is 5.75 Å². The van der Waals surface area contributed by atoms with Crippen molar-refractivity contribution in [2.24, 2.45) is 0 Å². The smallest absolute Gasteiger partial charge is 0.337 e. The number of rotatable bonds is 6. The summed E-state index contributed by atoms with van der Waals surface area (Å²) in [5, 5.41) is 2.77. The van der Waals surface area contributed by atoms with E-state index in [-0.39, 0.29) is 11.7 Å². The number of hydrogen-bond acceptors (Lipinski definition) is 4. The van der Waals surface area contributed by atoms with Gasteiger partial charge in [0.1, 0.15) is 11.6 Å². The molecule has 1 atom stereocenters. The Bertz CT molecular complexity index is 759. The second-order valence-corrected chi connectivity index (χ2v) is 5.48. The Balaban J connectivity index is 2.13. The van der Waals surface area contributed by atoms with Crippen molar-refractivity contribution in [1.29, 1.82) is 0 Å². The molecule has 2 aromatic carbocycles. The first-order valence-electron chi connectivity index (χ1n) is 7.86. The van der Waals surface area contributed by atoms with E-state index in [0.717, 1.165) is 5.56 Å². The van der Waals surface area contributed by atoms with Crippen molar-refractivity contribution in [3.05, 3.63) is 59.4 Å². The zero-order chi connectivity index (χ0) is 18.4. The van der Waals surface area contributed by atoms with Crippen LogP contribution in [0.15, 0.2) is 42.5 Å². The zero-order valence-corrected chi connectivity index (χ0v) is 14.3. The third-order valence-electron chi connectivity index (χ3n) is 3.67. The summed E-state index contributed by atoms with van der Waals surface area (Å²) in [5.41, 5.74) is 1.66. The van der Waals surface area contributed by atoms with Crippen LogP contribution in [0.25, 0.3) is 0 Å². The minimum Gasteiger partial charge on any atom is -0.481 e. The number of carbonyl (C=O) groups excluding carboxylic acids is 2. The van der Waals surface area contributed by atoms with Crippen molar-refractivity contribution in [3.63, 3.8) is 0 Å². The lowest BCUT2D eigenvalue weighted by Crippen LogP contribution is -2.32. The normalized spacial score (nSPS) is 11.5. The number of ether oxygens (including phenoxy) is 2. The van der Waals surface area contributed by atoms with Gasteiger partial charge in [-0.2, -0.15) is 0 Å². The van der Waals surface area contributed by atoms with Crippen molar-refractivity contribution in [1.82, 2.24) is 0 Å². The molecule has 0 bridgehead atoms. The number of halogens is 1. The molecule has 1 amide bonds. The quantitative estimate of drug-likeness (QED) is 0.811. The molecule has 0 aliphatic heterocycles. The van der Waals surface area contributed by atoms with Gasteiger partial charge in [0.25, 0.3) is 5.91 Å². The summed E-state index contributed by atoms with van der Waals surface area (Å²) in [5.74, 6) is -0.800. The van der Waals surface area contributed by atoms with Crippen LogP contribution in [0.4, 0.5) is 10.1 Å². The summed E-state index contributed by atoms with van der Waals surface area (Å²) in [7, 11) is 1.30. The summed E-state index contributed by atoms with van der Waals surface area (Å²) >= 11 is 0. The summed E-state index contributed by atoms with van der Waals surface area (Å²) in [6.07, 6.45) is -0.314. The number of methoxy groups -OCH3 is 1. The highest BCUT2D eigenvalue weighted by atomic mass is 19.1. The molecule has 0 radical (unpaired) electrons. The van der Waals surface area contributed by atoms with E-state index in [1.54, 1.807) is 18.2 Å². The minimum absolute atomic E-state index is 0.343. The molecule has 5 nitrogen and oxygen atoms in total. The Kier molecular flexibility index (Phi) is 6.11. The van der Waals surface area contributed by atoms with Crippen LogP contribution in [0.3, 0.4) is 0 Å². The molecule has 0 aromatic heterocycles. The largest absolute Gasteiger partial charge is 0.481 e. The van der Waals surface area contributed by atoms with E-state index in [9.17, 15) is 14.0 Å². The average molecular weight is 345 g/mol. The van der Waals surface area contributed by atoms with Gasteiger partial charge in [0.15, 0.2) is 6.10 Å². The van der Waals surface area contributed by atoms with Crippen LogP contribution in [0, 0.1) is 12.7 Å². The van der Waals surface area contributed by atoms with Crippen molar-refractivity contribution in [2.45, 2.75) is 26.4 Å². The number of amides is 1. The second-order valence-electron chi connectivity index (χ2n) is 5.48. The van der Waals surface area contributed by atoms with Crippen LogP contribution in [0.5, 0.6) is 5.75 Å². The molecule has 0 heterocycles. The molecule has 0 saturated carbocycles. The molecule has 6 heteroatoms. The fourth-order valence-corrected chi connectivity index (χ4v) is 2.21. The maximum absolute atomic E-state index is 13.0. The van der Waals surface area contributed by atoms with Gasteiger partial charge in [-0.05, 0) is 55.3 Å². The highest BCUT2D eigenvalue weighted by Gasteiger charge is 2.20. The molecule has 2 aromatic rings. The Hall–Kier alpha value is -2.89. The highest BCUT2D eigenvalue weighted by Crippen LogP contribution is 2.20. The third kappa shape index (κ3) is 4.79. The van der Waals surface area contributed by atoms with Crippen LogP contribution >= 0.6 is 0 Å². The van der Waals surface area contributed by atoms with Crippen LogP contribution in [0.1, 0.15) is 29.3 Å². The lowest BCUT2D eigenvalue weighted by molar-refractivity contribution is -0.122. The molecular formula is C19H20FNO4. The molecule has 0 spiro atoms. The number of hydrogen-bond donors (Lipinski definition) is 1. The van der Waals surface area contributed by atoms with E-state index in [0.29, 0.717) is 23.4 Å². The third-order valence-corrected chi connectivity index (χ3v) is 3.67. The van der Waals surface area contributed by atoms with Crippen molar-refractivity contribution in [2.75, 3.05) is 12.4 Å². The summed E-state index contributed by atoms with van der Waals surface area (Å²) in [6.45, 7) is 3.63. The van der Waals surface area contributed by atoms with E-state index in [1.165, 1.54) is 31.4 Å². The molecule has 132 valence electrons. The van der Waals surface area contributed by atoms with E-state index in [1.807, 2.05) is 13.8 Å². The molecule has 25 heavy (non-hydrogen) atoms. The summed E-state index contributed by atoms with van der Waals surface area (Å²) < 4.78 is 23.3. The molecule has 1 N–H and O–H groups in total. The lowest BCUT2D eigenvalue weighted by atomic mass is 10.1. The van der Waals surface area contributed by atoms with Gasteiger partial charge in [-0.1, -0.05) is 13.0 Å². The van der Waals surface area contributed by atoms with Crippen molar-refractivity contribution < 1.29 is 23.5 Å². The summed E-state index contributed by atoms with van der Waals surface area (Å²) in [6, 6.07) is 10.4. The summed E-state index contributed by atoms with van der Waals surface area (Å²) in [4.78, 5) is 24.1. The molecule has 2 rings (SSSR count). The fourth-order valence-electron chi connectivity index (χ4n) is 2.21. The van der Waals surface area contributed by atoms with Gasteiger partial charge in [-0.15, -0.1) is 0 Å². The zero-order valence-electron chi connectivity index (χ0n) is 14.3. The van der Waals surface area contributed by atoms with Gasteiger partial charge >= 0.3 is 5.97 Å². The average Bonchev–Trinajstić information content (AvgIpc) is 2.62. The van der Waals surface area contributed by atoms with Gasteiger partial charge < -0.3 is 14.8 Å². The van der Waals surface area contributed by atoms with Crippen LogP contribution in [-0.2, 0) is 9.53 Å². The molecular weight excluding hydrogens is 325 g/mol. The van der Waals surface area contributed by atoms with Crippen LogP contribution in [-0.4, -0.2) is 25.1 Å². The fraction of sp³-hybridized carbons (Fsp3) is 0.263. The standard InChI is InChI=1S/C19H20FNO4/c1-4-17(25-15-9-7-14(20)8-10-15)18(22)21-16-11-13(19(23)24-3)6-5-12(16)2/h5-11,17H,4H2,1-3H3,(H,21,22)/t17-/m0/s1. The number of nitrogens with one attached hydrogen (secondary N) is 1. The Morgan fingerprint density at radius 1 is 1.16 bits per heavy atom. The predicted molar refractivity (Wildman–Crippen MR) is 92.3 cm³/mol. The molecule has 0 fully saturated rings. The first-order valence-corrected chi connectivity index (χ1v) is 7.86. The molecule has 0 aliphatic carbocycles. The maximum atomic E-state index is 13.0. The first-order chi connectivity index (χ1) is 11.9. The van der Waals surface area contributed by atoms with Gasteiger partial charge in [0, 0.05) is 5.69 Å². The van der Waals surface area contributed by atoms with E-state index in [4.69, 9.17) is 4.74 Å². The van der Waals surface area contributed by atoms with Gasteiger partial charge in [-0.25, -0.2) is 9.18 Å². The van der Waals surface area contributed by atoms with E-state index < -0.39 is 12.1 Å². The first kappa shape index (κ1) is 18.4. The van der Waals surface area contributed by atoms with E-state index in [2.05, 4.69) is 10.1 Å². The number of esters is 1. The number of carbonyl (C=O) groups is 2. The minimum atomic E-state index is -0.744. The molecule has 0 saturated heterocycles. The van der Waals surface area contributed by atoms with Crippen LogP contribution in [0.2, 0.25) is 0 Å². The monoisotopic (exact) mass is 345 g/mol. The SMILES string of the molecule is CC[C@H](Oc1ccc(F)cc1)C(=O)Nc1cc(C(=O)OC)ccc1C. The Morgan fingerprint density at radius 3 is 2.44 bits per heavy atom. The van der Waals surface area contributed by atoms with Crippen LogP contribution < -0.4 is 10.1 Å². The predicted octanol–water partition coefficient (Wildman–Crippen LogP) is 3.72. The maximum Gasteiger partial charge on any atom is 0.337 e. The lowest BCUT2D eigenvalue weighted by Gasteiger charge is -2.18. The topological polar surface area (TPSA) is 64.6 Å². The Labute approximate surface area is 145 Å². The van der Waals surface area contributed by atoms with Gasteiger partial charge in [0.05, 0.1) is 12.7 Å². The molecule has 0 aliphatic rings. The molecule has 0 unspecified atom stereocenters. The Morgan fingerprint density at radius 2 is 1.84 bits per heavy atom. The van der Waals surface area contributed by atoms with Crippen molar-refractivity contribution >= 4 is 17.6 Å². The van der Waals surface area contributed by atoms with E-state index >= 15 is 0 Å². The van der Waals surface area contributed by atoms with Gasteiger partial charge in [0.2, 0.25) is 0 Å². The second kappa shape index (κ2) is 8.28. The number of anilines is 1. The van der Waals surface area contributed by atoms with Gasteiger partial charge in [-0.3, -0.25) is 4.79 Å². The highest BCUT2D eigenvalue weighted by molar-refractivity contribution is 5.97. The number of aryl methyl sites for hydroxylation is 1. The number of benzene rings is 2.